The zero-order chi connectivity index (χ0) is 20.8. The molecule has 0 saturated carbocycles. The molecule has 2 aromatic carbocycles. The number of nitrogens with zero attached hydrogens (tertiary/aromatic N) is 5. The molecule has 1 aliphatic rings. The molecule has 0 radical (unpaired) electrons. The Morgan fingerprint density at radius 1 is 1.10 bits per heavy atom. The van der Waals surface area contributed by atoms with E-state index in [2.05, 4.69) is 44.7 Å². The van der Waals surface area contributed by atoms with Gasteiger partial charge in [-0.15, -0.1) is 10.2 Å². The molecule has 8 heteroatoms. The van der Waals surface area contributed by atoms with Crippen molar-refractivity contribution < 1.29 is 9.53 Å². The largest absolute Gasteiger partial charge is 0.485 e. The highest BCUT2D eigenvalue weighted by Crippen LogP contribution is 2.24. The third kappa shape index (κ3) is 5.34. The minimum atomic E-state index is -0.206. The Balaban J connectivity index is 1.26. The van der Waals surface area contributed by atoms with E-state index in [0.717, 1.165) is 30.4 Å². The van der Waals surface area contributed by atoms with Crippen molar-refractivity contribution in [3.63, 3.8) is 0 Å². The maximum Gasteiger partial charge on any atom is 0.248 e. The number of hydrogen-bond donors (Lipinski definition) is 1. The summed E-state index contributed by atoms with van der Waals surface area (Å²) in [6.45, 7) is 4.66. The number of benzene rings is 2. The van der Waals surface area contributed by atoms with Gasteiger partial charge in [0.15, 0.2) is 6.61 Å². The molecule has 0 bridgehead atoms. The second-order valence-electron chi connectivity index (χ2n) is 7.60. The summed E-state index contributed by atoms with van der Waals surface area (Å²) < 4.78 is 5.59. The lowest BCUT2D eigenvalue weighted by atomic mass is 9.99. The minimum absolute atomic E-state index is 0.00982. The first-order valence-corrected chi connectivity index (χ1v) is 10.2. The number of para-hydroxylation sites is 1. The fourth-order valence-corrected chi connectivity index (χ4v) is 3.42. The van der Waals surface area contributed by atoms with Crippen molar-refractivity contribution in [2.24, 2.45) is 5.92 Å². The van der Waals surface area contributed by atoms with Crippen LogP contribution in [0.3, 0.4) is 0 Å². The first kappa shape index (κ1) is 19.9. The predicted molar refractivity (Wildman–Crippen MR) is 114 cm³/mol. The minimum Gasteiger partial charge on any atom is -0.485 e. The van der Waals surface area contributed by atoms with Crippen molar-refractivity contribution in [1.82, 2.24) is 20.2 Å². The zero-order valence-corrected chi connectivity index (χ0v) is 17.1. The number of tetrazole rings is 1. The number of piperidine rings is 1. The molecular weight excluding hydrogens is 380 g/mol. The molecule has 2 heterocycles. The first-order chi connectivity index (χ1) is 14.7. The number of carbonyl (C=O) groups is 1. The highest BCUT2D eigenvalue weighted by molar-refractivity contribution is 5.90. The number of nitrogens with one attached hydrogen (secondary N) is 1. The number of anilines is 2. The monoisotopic (exact) mass is 406 g/mol. The van der Waals surface area contributed by atoms with Gasteiger partial charge < -0.3 is 15.0 Å². The highest BCUT2D eigenvalue weighted by Gasteiger charge is 2.16. The van der Waals surface area contributed by atoms with E-state index >= 15 is 0 Å². The summed E-state index contributed by atoms with van der Waals surface area (Å²) in [5, 5.41) is 14.9. The lowest BCUT2D eigenvalue weighted by Crippen LogP contribution is -2.32. The highest BCUT2D eigenvalue weighted by atomic mass is 16.5. The molecule has 1 fully saturated rings. The number of carbonyl (C=O) groups excluding carboxylic acids is 1. The smallest absolute Gasteiger partial charge is 0.248 e. The summed E-state index contributed by atoms with van der Waals surface area (Å²) in [6.07, 6.45) is 2.45. The number of aromatic nitrogens is 4. The van der Waals surface area contributed by atoms with E-state index in [1.54, 1.807) is 0 Å². The number of amides is 1. The number of ether oxygens (including phenoxy) is 1. The van der Waals surface area contributed by atoms with Gasteiger partial charge in [0.25, 0.3) is 0 Å². The van der Waals surface area contributed by atoms with Crippen LogP contribution in [0.1, 0.15) is 25.6 Å². The molecular formula is C22H26N6O2. The van der Waals surface area contributed by atoms with Crippen LogP contribution in [0.2, 0.25) is 0 Å². The fourth-order valence-electron chi connectivity index (χ4n) is 3.42. The van der Waals surface area contributed by atoms with Gasteiger partial charge in [0.1, 0.15) is 12.3 Å². The van der Waals surface area contributed by atoms with Gasteiger partial charge in [-0.1, -0.05) is 25.1 Å². The van der Waals surface area contributed by atoms with E-state index in [1.807, 2.05) is 42.5 Å². The molecule has 0 atom stereocenters. The molecule has 30 heavy (non-hydrogen) atoms. The number of rotatable bonds is 7. The summed E-state index contributed by atoms with van der Waals surface area (Å²) in [4.78, 5) is 16.0. The second kappa shape index (κ2) is 9.39. The molecule has 1 aliphatic heterocycles. The third-order valence-corrected chi connectivity index (χ3v) is 5.19. The van der Waals surface area contributed by atoms with E-state index in [4.69, 9.17) is 4.74 Å². The van der Waals surface area contributed by atoms with Crippen molar-refractivity contribution in [3.05, 3.63) is 60.4 Å². The fraction of sp³-hybridized carbons (Fsp3) is 0.364. The van der Waals surface area contributed by atoms with Crippen LogP contribution in [0.25, 0.3) is 0 Å². The molecule has 0 spiro atoms. The van der Waals surface area contributed by atoms with Crippen molar-refractivity contribution in [2.45, 2.75) is 32.9 Å². The van der Waals surface area contributed by atoms with Crippen LogP contribution in [-0.2, 0) is 17.9 Å². The van der Waals surface area contributed by atoms with E-state index in [-0.39, 0.29) is 19.1 Å². The van der Waals surface area contributed by atoms with Crippen molar-refractivity contribution in [2.75, 3.05) is 23.3 Å². The standard InChI is InChI=1S/C22H26N6O2/c1-17-11-13-27(14-12-17)19-9-7-18(8-10-19)23-22(29)15-28-25-21(24-26-28)16-30-20-5-3-2-4-6-20/h2-10,17H,11-16H2,1H3,(H,23,29). The molecule has 1 aromatic heterocycles. The summed E-state index contributed by atoms with van der Waals surface area (Å²) in [5.41, 5.74) is 1.95. The molecule has 1 amide bonds. The molecule has 3 aromatic rings. The quantitative estimate of drug-likeness (QED) is 0.649. The lowest BCUT2D eigenvalue weighted by molar-refractivity contribution is -0.117. The van der Waals surface area contributed by atoms with Crippen LogP contribution in [-0.4, -0.2) is 39.2 Å². The summed E-state index contributed by atoms with van der Waals surface area (Å²) in [5.74, 6) is 1.75. The average Bonchev–Trinajstić information content (AvgIpc) is 3.21. The van der Waals surface area contributed by atoms with Crippen LogP contribution in [0.4, 0.5) is 11.4 Å². The Hall–Kier alpha value is -3.42. The van der Waals surface area contributed by atoms with Gasteiger partial charge >= 0.3 is 0 Å². The molecule has 156 valence electrons. The maximum atomic E-state index is 12.3. The first-order valence-electron chi connectivity index (χ1n) is 10.2. The van der Waals surface area contributed by atoms with Crippen LogP contribution in [0.5, 0.6) is 5.75 Å². The molecule has 1 N–H and O–H groups in total. The normalized spacial score (nSPS) is 14.5. The van der Waals surface area contributed by atoms with Crippen LogP contribution < -0.4 is 15.0 Å². The second-order valence-corrected chi connectivity index (χ2v) is 7.60. The molecule has 4 rings (SSSR count). The summed E-state index contributed by atoms with van der Waals surface area (Å²) in [7, 11) is 0. The maximum absolute atomic E-state index is 12.3. The Morgan fingerprint density at radius 3 is 2.57 bits per heavy atom. The Bertz CT molecular complexity index is 949. The summed E-state index contributed by atoms with van der Waals surface area (Å²) >= 11 is 0. The Morgan fingerprint density at radius 2 is 1.83 bits per heavy atom. The van der Waals surface area contributed by atoms with Gasteiger partial charge in [-0.2, -0.15) is 4.80 Å². The van der Waals surface area contributed by atoms with Gasteiger partial charge in [-0.05, 0) is 60.4 Å². The van der Waals surface area contributed by atoms with Crippen LogP contribution >= 0.6 is 0 Å². The van der Waals surface area contributed by atoms with Crippen molar-refractivity contribution in [3.8, 4) is 5.75 Å². The van der Waals surface area contributed by atoms with Gasteiger partial charge in [0, 0.05) is 24.5 Å². The van der Waals surface area contributed by atoms with Crippen molar-refractivity contribution >= 4 is 17.3 Å². The Kier molecular flexibility index (Phi) is 6.22. The lowest BCUT2D eigenvalue weighted by Gasteiger charge is -2.32. The van der Waals surface area contributed by atoms with Crippen molar-refractivity contribution in [1.29, 1.82) is 0 Å². The van der Waals surface area contributed by atoms with E-state index in [1.165, 1.54) is 23.3 Å². The molecule has 1 saturated heterocycles. The molecule has 0 aliphatic carbocycles. The van der Waals surface area contributed by atoms with Gasteiger partial charge in [-0.25, -0.2) is 0 Å². The van der Waals surface area contributed by atoms with Gasteiger partial charge in [0.2, 0.25) is 11.7 Å². The van der Waals surface area contributed by atoms with Crippen LogP contribution in [0, 0.1) is 5.92 Å². The Labute approximate surface area is 175 Å². The van der Waals surface area contributed by atoms with E-state index in [0.29, 0.717) is 5.82 Å². The van der Waals surface area contributed by atoms with Gasteiger partial charge in [0.05, 0.1) is 0 Å². The topological polar surface area (TPSA) is 85.2 Å². The number of hydrogen-bond acceptors (Lipinski definition) is 6. The van der Waals surface area contributed by atoms with Gasteiger partial charge in [-0.3, -0.25) is 4.79 Å². The van der Waals surface area contributed by atoms with E-state index < -0.39 is 0 Å². The summed E-state index contributed by atoms with van der Waals surface area (Å²) in [6, 6.07) is 17.4. The third-order valence-electron chi connectivity index (χ3n) is 5.19. The molecule has 0 unspecified atom stereocenters. The van der Waals surface area contributed by atoms with Crippen LogP contribution in [0.15, 0.2) is 54.6 Å². The molecule has 8 nitrogen and oxygen atoms in total. The predicted octanol–water partition coefficient (Wildman–Crippen LogP) is 3.13. The average molecular weight is 406 g/mol. The SMILES string of the molecule is CC1CCN(c2ccc(NC(=O)Cn3nnc(COc4ccccc4)n3)cc2)CC1. The zero-order valence-electron chi connectivity index (χ0n) is 17.1. The van der Waals surface area contributed by atoms with E-state index in [9.17, 15) is 4.79 Å².